The van der Waals surface area contributed by atoms with Crippen molar-refractivity contribution in [3.8, 4) is 5.75 Å². The van der Waals surface area contributed by atoms with Crippen LogP contribution < -0.4 is 4.74 Å². The predicted octanol–water partition coefficient (Wildman–Crippen LogP) is 1.55. The Bertz CT molecular complexity index is 480. The van der Waals surface area contributed by atoms with Crippen molar-refractivity contribution in [2.24, 2.45) is 0 Å². The van der Waals surface area contributed by atoms with E-state index in [0.717, 1.165) is 25.9 Å². The Morgan fingerprint density at radius 3 is 2.86 bits per heavy atom. The Kier molecular flexibility index (Phi) is 4.39. The zero-order chi connectivity index (χ0) is 14.7. The Morgan fingerprint density at radius 2 is 2.14 bits per heavy atom. The van der Waals surface area contributed by atoms with Gasteiger partial charge in [-0.3, -0.25) is 9.78 Å². The van der Waals surface area contributed by atoms with Crippen molar-refractivity contribution >= 4 is 5.91 Å². The van der Waals surface area contributed by atoms with Crippen molar-refractivity contribution in [1.82, 2.24) is 14.8 Å². The third-order valence-corrected chi connectivity index (χ3v) is 4.64. The van der Waals surface area contributed by atoms with Gasteiger partial charge in [0, 0.05) is 24.8 Å². The lowest BCUT2D eigenvalue weighted by atomic mass is 10.0. The Labute approximate surface area is 125 Å². The highest BCUT2D eigenvalue weighted by Gasteiger charge is 2.38. The first kappa shape index (κ1) is 14.3. The standard InChI is InChI=1S/C16H23N3O2/c1-18-9-3-6-14(18)15-7-4-10-19(15)16(20)12-21-13-5-2-8-17-11-13/h2,5,8,11,14-15H,3-4,6-7,9-10,12H2,1H3. The van der Waals surface area contributed by atoms with Crippen LogP contribution in [0.15, 0.2) is 24.5 Å². The highest BCUT2D eigenvalue weighted by molar-refractivity contribution is 5.78. The molecule has 2 aliphatic heterocycles. The zero-order valence-corrected chi connectivity index (χ0v) is 12.6. The third-order valence-electron chi connectivity index (χ3n) is 4.64. The van der Waals surface area contributed by atoms with Crippen molar-refractivity contribution in [1.29, 1.82) is 0 Å². The van der Waals surface area contributed by atoms with E-state index in [-0.39, 0.29) is 12.5 Å². The number of aromatic nitrogens is 1. The number of hydrogen-bond acceptors (Lipinski definition) is 4. The normalized spacial score (nSPS) is 26.2. The second kappa shape index (κ2) is 6.43. The molecule has 5 heteroatoms. The van der Waals surface area contributed by atoms with Crippen molar-refractivity contribution in [2.75, 3.05) is 26.7 Å². The van der Waals surface area contributed by atoms with E-state index in [0.29, 0.717) is 17.8 Å². The molecule has 0 spiro atoms. The first-order chi connectivity index (χ1) is 10.3. The minimum absolute atomic E-state index is 0.0988. The van der Waals surface area contributed by atoms with Gasteiger partial charge in [-0.1, -0.05) is 0 Å². The topological polar surface area (TPSA) is 45.7 Å². The summed E-state index contributed by atoms with van der Waals surface area (Å²) in [5, 5.41) is 0. The SMILES string of the molecule is CN1CCCC1C1CCCN1C(=O)COc1cccnc1. The predicted molar refractivity (Wildman–Crippen MR) is 80.1 cm³/mol. The fourth-order valence-corrected chi connectivity index (χ4v) is 3.58. The lowest BCUT2D eigenvalue weighted by molar-refractivity contribution is -0.135. The van der Waals surface area contributed by atoms with Crippen molar-refractivity contribution < 1.29 is 9.53 Å². The third kappa shape index (κ3) is 3.18. The molecule has 2 aliphatic rings. The molecule has 1 aromatic rings. The van der Waals surface area contributed by atoms with Crippen LogP contribution in [0.5, 0.6) is 5.75 Å². The van der Waals surface area contributed by atoms with E-state index in [1.807, 2.05) is 17.0 Å². The highest BCUT2D eigenvalue weighted by Crippen LogP contribution is 2.29. The van der Waals surface area contributed by atoms with Crippen LogP contribution in [-0.2, 0) is 4.79 Å². The van der Waals surface area contributed by atoms with Gasteiger partial charge in [-0.15, -0.1) is 0 Å². The van der Waals surface area contributed by atoms with Gasteiger partial charge in [0.05, 0.1) is 6.20 Å². The van der Waals surface area contributed by atoms with Gasteiger partial charge in [-0.2, -0.15) is 0 Å². The van der Waals surface area contributed by atoms with Crippen molar-refractivity contribution in [3.63, 3.8) is 0 Å². The van der Waals surface area contributed by atoms with E-state index in [4.69, 9.17) is 4.74 Å². The van der Waals surface area contributed by atoms with Crippen molar-refractivity contribution in [3.05, 3.63) is 24.5 Å². The summed E-state index contributed by atoms with van der Waals surface area (Å²) >= 11 is 0. The quantitative estimate of drug-likeness (QED) is 0.843. The number of likely N-dealkylation sites (tertiary alicyclic amines) is 2. The van der Waals surface area contributed by atoms with Gasteiger partial charge in [-0.25, -0.2) is 0 Å². The largest absolute Gasteiger partial charge is 0.482 e. The van der Waals surface area contributed by atoms with E-state index < -0.39 is 0 Å². The van der Waals surface area contributed by atoms with Gasteiger partial charge < -0.3 is 14.5 Å². The molecule has 0 saturated carbocycles. The first-order valence-electron chi connectivity index (χ1n) is 7.78. The van der Waals surface area contributed by atoms with E-state index in [1.165, 1.54) is 12.8 Å². The Balaban J connectivity index is 1.58. The van der Waals surface area contributed by atoms with Crippen LogP contribution >= 0.6 is 0 Å². The molecule has 2 unspecified atom stereocenters. The number of hydrogen-bond donors (Lipinski definition) is 0. The molecule has 2 atom stereocenters. The van der Waals surface area contributed by atoms with Gasteiger partial charge in [-0.05, 0) is 51.4 Å². The molecule has 0 aliphatic carbocycles. The van der Waals surface area contributed by atoms with Crippen LogP contribution in [0.1, 0.15) is 25.7 Å². The number of ether oxygens (including phenoxy) is 1. The van der Waals surface area contributed by atoms with Gasteiger partial charge in [0.25, 0.3) is 5.91 Å². The molecule has 2 fully saturated rings. The van der Waals surface area contributed by atoms with Crippen LogP contribution in [0.25, 0.3) is 0 Å². The van der Waals surface area contributed by atoms with Crippen molar-refractivity contribution in [2.45, 2.75) is 37.8 Å². The average molecular weight is 289 g/mol. The first-order valence-corrected chi connectivity index (χ1v) is 7.78. The summed E-state index contributed by atoms with van der Waals surface area (Å²) in [6, 6.07) is 4.52. The van der Waals surface area contributed by atoms with Gasteiger partial charge in [0.2, 0.25) is 0 Å². The van der Waals surface area contributed by atoms with E-state index >= 15 is 0 Å². The molecule has 1 amide bonds. The van der Waals surface area contributed by atoms with Gasteiger partial charge in [0.1, 0.15) is 5.75 Å². The summed E-state index contributed by atoms with van der Waals surface area (Å²) in [4.78, 5) is 20.9. The van der Waals surface area contributed by atoms with Gasteiger partial charge in [0.15, 0.2) is 6.61 Å². The summed E-state index contributed by atoms with van der Waals surface area (Å²) in [6.07, 6.45) is 8.00. The molecule has 3 heterocycles. The highest BCUT2D eigenvalue weighted by atomic mass is 16.5. The number of rotatable bonds is 4. The van der Waals surface area contributed by atoms with Crippen LogP contribution in [-0.4, -0.2) is 59.5 Å². The average Bonchev–Trinajstić information content (AvgIpc) is 3.14. The molecule has 21 heavy (non-hydrogen) atoms. The molecule has 0 bridgehead atoms. The number of carbonyl (C=O) groups is 1. The number of nitrogens with zero attached hydrogens (tertiary/aromatic N) is 3. The molecule has 0 radical (unpaired) electrons. The minimum atomic E-state index is 0.0988. The molecular weight excluding hydrogens is 266 g/mol. The smallest absolute Gasteiger partial charge is 0.260 e. The summed E-state index contributed by atoms with van der Waals surface area (Å²) in [5.74, 6) is 0.751. The lowest BCUT2D eigenvalue weighted by Gasteiger charge is -2.33. The number of pyridine rings is 1. The molecule has 5 nitrogen and oxygen atoms in total. The summed E-state index contributed by atoms with van der Waals surface area (Å²) < 4.78 is 5.55. The number of amides is 1. The summed E-state index contributed by atoms with van der Waals surface area (Å²) in [5.41, 5.74) is 0. The van der Waals surface area contributed by atoms with E-state index in [1.54, 1.807) is 12.4 Å². The minimum Gasteiger partial charge on any atom is -0.482 e. The summed E-state index contributed by atoms with van der Waals surface area (Å²) in [6.45, 7) is 2.12. The second-order valence-corrected chi connectivity index (χ2v) is 5.96. The maximum Gasteiger partial charge on any atom is 0.260 e. The Hall–Kier alpha value is -1.62. The maximum absolute atomic E-state index is 12.5. The van der Waals surface area contributed by atoms with Crippen LogP contribution in [0.4, 0.5) is 0 Å². The van der Waals surface area contributed by atoms with Crippen LogP contribution in [0.3, 0.4) is 0 Å². The van der Waals surface area contributed by atoms with Crippen LogP contribution in [0.2, 0.25) is 0 Å². The molecule has 114 valence electrons. The lowest BCUT2D eigenvalue weighted by Crippen LogP contribution is -2.48. The molecule has 0 N–H and O–H groups in total. The maximum atomic E-state index is 12.5. The molecule has 0 aromatic carbocycles. The van der Waals surface area contributed by atoms with Crippen LogP contribution in [0, 0.1) is 0 Å². The van der Waals surface area contributed by atoms with E-state index in [2.05, 4.69) is 16.9 Å². The van der Waals surface area contributed by atoms with Gasteiger partial charge >= 0.3 is 0 Å². The second-order valence-electron chi connectivity index (χ2n) is 5.96. The molecular formula is C16H23N3O2. The zero-order valence-electron chi connectivity index (χ0n) is 12.6. The van der Waals surface area contributed by atoms with E-state index in [9.17, 15) is 4.79 Å². The fraction of sp³-hybridized carbons (Fsp3) is 0.625. The summed E-state index contributed by atoms with van der Waals surface area (Å²) in [7, 11) is 2.17. The Morgan fingerprint density at radius 1 is 1.33 bits per heavy atom. The molecule has 3 rings (SSSR count). The molecule has 2 saturated heterocycles. The number of carbonyl (C=O) groups excluding carboxylic acids is 1. The monoisotopic (exact) mass is 289 g/mol. The fourth-order valence-electron chi connectivity index (χ4n) is 3.58. The number of likely N-dealkylation sites (N-methyl/N-ethyl adjacent to an activating group) is 1. The molecule has 1 aromatic heterocycles.